The van der Waals surface area contributed by atoms with E-state index in [2.05, 4.69) is 23.7 Å². The fourth-order valence-electron chi connectivity index (χ4n) is 1.48. The number of nitrogens with zero attached hydrogens (tertiary/aromatic N) is 2. The highest BCUT2D eigenvalue weighted by Crippen LogP contribution is 2.12. The van der Waals surface area contributed by atoms with E-state index >= 15 is 0 Å². The maximum atomic E-state index is 11.5. The molecule has 4 nitrogen and oxygen atoms in total. The predicted octanol–water partition coefficient (Wildman–Crippen LogP) is 2.23. The lowest BCUT2D eigenvalue weighted by molar-refractivity contribution is -0.145. The minimum absolute atomic E-state index is 0.173. The molecule has 0 N–H and O–H groups in total. The molecule has 0 fully saturated rings. The second-order valence-electron chi connectivity index (χ2n) is 4.16. The van der Waals surface area contributed by atoms with Crippen LogP contribution in [0.5, 0.6) is 0 Å². The lowest BCUT2D eigenvalue weighted by Crippen LogP contribution is -2.36. The van der Waals surface area contributed by atoms with Gasteiger partial charge in [-0.3, -0.25) is 9.69 Å². The normalized spacial score (nSPS) is 11.2. The van der Waals surface area contributed by atoms with Gasteiger partial charge in [-0.25, -0.2) is 4.98 Å². The zero-order valence-corrected chi connectivity index (χ0v) is 11.7. The van der Waals surface area contributed by atoms with Gasteiger partial charge in [0.15, 0.2) is 0 Å². The van der Waals surface area contributed by atoms with Crippen molar-refractivity contribution in [2.45, 2.75) is 40.3 Å². The number of esters is 1. The van der Waals surface area contributed by atoms with Crippen LogP contribution < -0.4 is 0 Å². The molecule has 0 radical (unpaired) electrons. The Morgan fingerprint density at radius 1 is 1.59 bits per heavy atom. The molecule has 1 aromatic rings. The molecule has 0 saturated heterocycles. The van der Waals surface area contributed by atoms with Crippen LogP contribution in [-0.4, -0.2) is 35.0 Å². The van der Waals surface area contributed by atoms with Crippen molar-refractivity contribution in [1.29, 1.82) is 0 Å². The summed E-state index contributed by atoms with van der Waals surface area (Å²) in [4.78, 5) is 17.9. The van der Waals surface area contributed by atoms with Gasteiger partial charge in [-0.15, -0.1) is 11.3 Å². The third-order valence-electron chi connectivity index (χ3n) is 2.40. The van der Waals surface area contributed by atoms with Crippen LogP contribution >= 0.6 is 11.3 Å². The van der Waals surface area contributed by atoms with Gasteiger partial charge in [0.2, 0.25) is 0 Å². The van der Waals surface area contributed by atoms with E-state index in [0.717, 1.165) is 10.7 Å². The summed E-state index contributed by atoms with van der Waals surface area (Å²) >= 11 is 1.63. The van der Waals surface area contributed by atoms with Crippen LogP contribution in [0.25, 0.3) is 0 Å². The minimum Gasteiger partial charge on any atom is -0.465 e. The van der Waals surface area contributed by atoms with Crippen molar-refractivity contribution in [3.05, 3.63) is 16.1 Å². The molecule has 0 aliphatic carbocycles. The highest BCUT2D eigenvalue weighted by Gasteiger charge is 2.16. The van der Waals surface area contributed by atoms with Crippen LogP contribution in [0.2, 0.25) is 0 Å². The van der Waals surface area contributed by atoms with Gasteiger partial charge in [-0.1, -0.05) is 0 Å². The first-order chi connectivity index (χ1) is 8.02. The van der Waals surface area contributed by atoms with E-state index in [9.17, 15) is 4.79 Å². The number of hydrogen-bond donors (Lipinski definition) is 0. The molecular formula is C12H20N2O2S. The van der Waals surface area contributed by atoms with Crippen LogP contribution in [0.1, 0.15) is 31.5 Å². The van der Waals surface area contributed by atoms with Gasteiger partial charge in [0.25, 0.3) is 0 Å². The van der Waals surface area contributed by atoms with Gasteiger partial charge in [0.1, 0.15) is 0 Å². The molecule has 0 spiro atoms. The highest BCUT2D eigenvalue weighted by molar-refractivity contribution is 7.09. The van der Waals surface area contributed by atoms with Gasteiger partial charge in [-0.2, -0.15) is 0 Å². The molecule has 0 aromatic carbocycles. The number of carbonyl (C=O) groups is 1. The van der Waals surface area contributed by atoms with Gasteiger partial charge in [0, 0.05) is 18.0 Å². The molecule has 1 rings (SSSR count). The summed E-state index contributed by atoms with van der Waals surface area (Å²) < 4.78 is 4.97. The molecule has 96 valence electrons. The van der Waals surface area contributed by atoms with Gasteiger partial charge < -0.3 is 4.74 Å². The number of carbonyl (C=O) groups excluding carboxylic acids is 1. The maximum absolute atomic E-state index is 11.5. The summed E-state index contributed by atoms with van der Waals surface area (Å²) in [5.41, 5.74) is 1.02. The van der Waals surface area contributed by atoms with Gasteiger partial charge in [0.05, 0.1) is 23.9 Å². The van der Waals surface area contributed by atoms with E-state index < -0.39 is 0 Å². The van der Waals surface area contributed by atoms with E-state index in [4.69, 9.17) is 4.74 Å². The summed E-state index contributed by atoms with van der Waals surface area (Å²) in [7, 11) is 0. The minimum atomic E-state index is -0.173. The topological polar surface area (TPSA) is 42.4 Å². The third-order valence-corrected chi connectivity index (χ3v) is 3.22. The standard InChI is InChI=1S/C12H20N2O2S/c1-5-16-12(15)7-14(9(2)3)6-11-8-17-10(4)13-11/h8-9H,5-7H2,1-4H3. The average Bonchev–Trinajstić information content (AvgIpc) is 2.63. The fourth-order valence-corrected chi connectivity index (χ4v) is 2.09. The number of thiazole rings is 1. The summed E-state index contributed by atoms with van der Waals surface area (Å²) in [5.74, 6) is -0.173. The largest absolute Gasteiger partial charge is 0.465 e. The fraction of sp³-hybridized carbons (Fsp3) is 0.667. The van der Waals surface area contributed by atoms with Gasteiger partial charge in [-0.05, 0) is 27.7 Å². The van der Waals surface area contributed by atoms with Gasteiger partial charge >= 0.3 is 5.97 Å². The monoisotopic (exact) mass is 256 g/mol. The van der Waals surface area contributed by atoms with E-state index in [1.54, 1.807) is 11.3 Å². The van der Waals surface area contributed by atoms with E-state index in [0.29, 0.717) is 25.7 Å². The smallest absolute Gasteiger partial charge is 0.320 e. The number of rotatable bonds is 6. The Morgan fingerprint density at radius 3 is 2.76 bits per heavy atom. The summed E-state index contributed by atoms with van der Waals surface area (Å²) in [5, 5.41) is 3.09. The summed E-state index contributed by atoms with van der Waals surface area (Å²) in [6.07, 6.45) is 0. The molecule has 0 bridgehead atoms. The summed E-state index contributed by atoms with van der Waals surface area (Å²) in [6, 6.07) is 0.293. The van der Waals surface area contributed by atoms with Crippen molar-refractivity contribution in [1.82, 2.24) is 9.88 Å². The molecule has 17 heavy (non-hydrogen) atoms. The second-order valence-corrected chi connectivity index (χ2v) is 5.22. The van der Waals surface area contributed by atoms with Crippen LogP contribution in [0, 0.1) is 6.92 Å². The van der Waals surface area contributed by atoms with Crippen molar-refractivity contribution in [3.63, 3.8) is 0 Å². The molecule has 5 heteroatoms. The predicted molar refractivity (Wildman–Crippen MR) is 69.0 cm³/mol. The molecule has 0 atom stereocenters. The Balaban J connectivity index is 2.57. The number of aryl methyl sites for hydroxylation is 1. The first kappa shape index (κ1) is 14.1. The Morgan fingerprint density at radius 2 is 2.29 bits per heavy atom. The Bertz CT molecular complexity index is 363. The molecule has 0 aliphatic heterocycles. The number of ether oxygens (including phenoxy) is 1. The molecule has 0 saturated carbocycles. The van der Waals surface area contributed by atoms with Crippen molar-refractivity contribution in [3.8, 4) is 0 Å². The number of aromatic nitrogens is 1. The zero-order chi connectivity index (χ0) is 12.8. The zero-order valence-electron chi connectivity index (χ0n) is 10.9. The first-order valence-electron chi connectivity index (χ1n) is 5.83. The quantitative estimate of drug-likeness (QED) is 0.732. The molecule has 1 heterocycles. The van der Waals surface area contributed by atoms with E-state index in [1.807, 2.05) is 19.2 Å². The van der Waals surface area contributed by atoms with Crippen molar-refractivity contribution < 1.29 is 9.53 Å². The Kier molecular flexibility index (Phi) is 5.58. The first-order valence-corrected chi connectivity index (χ1v) is 6.71. The lowest BCUT2D eigenvalue weighted by Gasteiger charge is -2.24. The van der Waals surface area contributed by atoms with E-state index in [-0.39, 0.29) is 5.97 Å². The molecule has 1 aromatic heterocycles. The van der Waals surface area contributed by atoms with Crippen molar-refractivity contribution >= 4 is 17.3 Å². The van der Waals surface area contributed by atoms with Crippen LogP contribution in [0.4, 0.5) is 0 Å². The Labute approximate surface area is 107 Å². The maximum Gasteiger partial charge on any atom is 0.320 e. The molecule has 0 amide bonds. The summed E-state index contributed by atoms with van der Waals surface area (Å²) in [6.45, 7) is 9.39. The average molecular weight is 256 g/mol. The third kappa shape index (κ3) is 4.83. The SMILES string of the molecule is CCOC(=O)CN(Cc1csc(C)n1)C(C)C. The number of hydrogen-bond acceptors (Lipinski definition) is 5. The van der Waals surface area contributed by atoms with Crippen LogP contribution in [-0.2, 0) is 16.1 Å². The van der Waals surface area contributed by atoms with Crippen LogP contribution in [0.15, 0.2) is 5.38 Å². The van der Waals surface area contributed by atoms with Crippen LogP contribution in [0.3, 0.4) is 0 Å². The lowest BCUT2D eigenvalue weighted by atomic mass is 10.3. The van der Waals surface area contributed by atoms with Crippen molar-refractivity contribution in [2.24, 2.45) is 0 Å². The molecule has 0 unspecified atom stereocenters. The molecule has 0 aliphatic rings. The Hall–Kier alpha value is -0.940. The van der Waals surface area contributed by atoms with E-state index in [1.165, 1.54) is 0 Å². The molecular weight excluding hydrogens is 236 g/mol. The second kappa shape index (κ2) is 6.71. The highest BCUT2D eigenvalue weighted by atomic mass is 32.1. The van der Waals surface area contributed by atoms with Crippen molar-refractivity contribution in [2.75, 3.05) is 13.2 Å².